The Hall–Kier alpha value is -4.82. The lowest BCUT2D eigenvalue weighted by Crippen LogP contribution is -2.33. The number of aromatic amines is 1. The molecule has 1 amide bonds. The summed E-state index contributed by atoms with van der Waals surface area (Å²) >= 11 is 0. The maximum atomic E-state index is 12.2. The molecular formula is C33H34N4O4. The van der Waals surface area contributed by atoms with Gasteiger partial charge in [-0.15, -0.1) is 0 Å². The fraction of sp³-hybridized carbons (Fsp3) is 0.212. The lowest BCUT2D eigenvalue weighted by atomic mass is 9.99. The Bertz CT molecular complexity index is 1580. The molecule has 8 heteroatoms. The summed E-state index contributed by atoms with van der Waals surface area (Å²) in [5.41, 5.74) is 11.4. The number of primary amides is 1. The van der Waals surface area contributed by atoms with E-state index in [-0.39, 0.29) is 12.1 Å². The van der Waals surface area contributed by atoms with Crippen LogP contribution < -0.4 is 5.73 Å². The molecule has 0 spiro atoms. The van der Waals surface area contributed by atoms with E-state index in [1.807, 2.05) is 67.6 Å². The van der Waals surface area contributed by atoms with Gasteiger partial charge < -0.3 is 26.0 Å². The average Bonchev–Trinajstić information content (AvgIpc) is 3.37. The number of rotatable bonds is 9. The molecule has 1 atom stereocenters. The molecule has 5 N–H and O–H groups in total. The highest BCUT2D eigenvalue weighted by molar-refractivity contribution is 6.01. The monoisotopic (exact) mass is 550 g/mol. The van der Waals surface area contributed by atoms with Crippen LogP contribution >= 0.6 is 0 Å². The van der Waals surface area contributed by atoms with E-state index in [9.17, 15) is 14.7 Å². The molecular weight excluding hydrogens is 516 g/mol. The maximum absolute atomic E-state index is 12.2. The van der Waals surface area contributed by atoms with Crippen molar-refractivity contribution < 1.29 is 19.4 Å². The predicted molar refractivity (Wildman–Crippen MR) is 161 cm³/mol. The zero-order valence-electron chi connectivity index (χ0n) is 23.6. The number of nitrogens with two attached hydrogens (primary N) is 1. The predicted octanol–water partition coefficient (Wildman–Crippen LogP) is 5.68. The number of carbonyl (C=O) groups is 2. The number of aryl methyl sites for hydroxylation is 1. The number of nitrogens with one attached hydrogen (secondary N) is 2. The topological polar surface area (TPSA) is 142 Å². The van der Waals surface area contributed by atoms with Crippen LogP contribution in [-0.2, 0) is 14.3 Å². The molecule has 0 aliphatic carbocycles. The van der Waals surface area contributed by atoms with Crippen LogP contribution in [0.25, 0.3) is 40.0 Å². The number of aliphatic hydroxyl groups excluding tert-OH is 1. The minimum absolute atomic E-state index is 0.122. The summed E-state index contributed by atoms with van der Waals surface area (Å²) in [6.07, 6.45) is 1.40. The van der Waals surface area contributed by atoms with E-state index in [1.165, 1.54) is 6.08 Å². The summed E-state index contributed by atoms with van der Waals surface area (Å²) < 4.78 is 5.22. The standard InChI is InChI=1S/C33H34N4O4/c1-20-5-10-25(11-6-20)31-36-29(23-12-7-21(8-13-23)9-18-28(35)39)30(37-31)24-16-14-22(15-17-24)26(34)19-27(38)32(40)41-33(2,3)4/h5-18,27,34,38H,19H2,1-4H3,(H2,35,39)(H,36,37)/b18-9+,34-26?. The molecule has 41 heavy (non-hydrogen) atoms. The smallest absolute Gasteiger partial charge is 0.335 e. The number of hydrogen-bond acceptors (Lipinski definition) is 6. The van der Waals surface area contributed by atoms with Crippen molar-refractivity contribution in [1.29, 1.82) is 5.41 Å². The molecule has 4 aromatic rings. The number of H-pyrrole nitrogens is 1. The summed E-state index contributed by atoms with van der Waals surface area (Å²) in [6, 6.07) is 23.1. The molecule has 0 saturated heterocycles. The molecule has 3 aromatic carbocycles. The molecule has 210 valence electrons. The van der Waals surface area contributed by atoms with Crippen LogP contribution in [0.5, 0.6) is 0 Å². The van der Waals surface area contributed by atoms with Gasteiger partial charge in [0.1, 0.15) is 11.4 Å². The highest BCUT2D eigenvalue weighted by Gasteiger charge is 2.25. The number of imidazole rings is 1. The minimum Gasteiger partial charge on any atom is -0.458 e. The van der Waals surface area contributed by atoms with Gasteiger partial charge in [-0.1, -0.05) is 78.4 Å². The fourth-order valence-electron chi connectivity index (χ4n) is 4.17. The lowest BCUT2D eigenvalue weighted by Gasteiger charge is -2.21. The van der Waals surface area contributed by atoms with Gasteiger partial charge in [0.2, 0.25) is 5.91 Å². The Kier molecular flexibility index (Phi) is 8.64. The van der Waals surface area contributed by atoms with Gasteiger partial charge >= 0.3 is 5.97 Å². The summed E-state index contributed by atoms with van der Waals surface area (Å²) in [5, 5.41) is 18.7. The van der Waals surface area contributed by atoms with Crippen molar-refractivity contribution in [2.75, 3.05) is 0 Å². The largest absolute Gasteiger partial charge is 0.458 e. The third-order valence-electron chi connectivity index (χ3n) is 6.25. The zero-order valence-corrected chi connectivity index (χ0v) is 23.6. The van der Waals surface area contributed by atoms with Gasteiger partial charge in [-0.2, -0.15) is 0 Å². The van der Waals surface area contributed by atoms with Crippen LogP contribution in [0, 0.1) is 12.3 Å². The summed E-state index contributed by atoms with van der Waals surface area (Å²) in [5.74, 6) is -0.548. The molecule has 4 rings (SSSR count). The number of amides is 1. The molecule has 0 bridgehead atoms. The van der Waals surface area contributed by atoms with Crippen molar-refractivity contribution in [1.82, 2.24) is 9.97 Å². The van der Waals surface area contributed by atoms with Crippen LogP contribution in [-0.4, -0.2) is 44.4 Å². The highest BCUT2D eigenvalue weighted by Crippen LogP contribution is 2.33. The van der Waals surface area contributed by atoms with Crippen molar-refractivity contribution in [3.05, 3.63) is 95.6 Å². The van der Waals surface area contributed by atoms with Crippen molar-refractivity contribution in [3.8, 4) is 33.9 Å². The van der Waals surface area contributed by atoms with Gasteiger partial charge in [-0.25, -0.2) is 9.78 Å². The number of esters is 1. The first-order valence-electron chi connectivity index (χ1n) is 13.2. The number of aliphatic hydroxyl groups is 1. The Morgan fingerprint density at radius 3 is 2.15 bits per heavy atom. The molecule has 0 aliphatic heterocycles. The fourth-order valence-corrected chi connectivity index (χ4v) is 4.17. The number of benzene rings is 3. The summed E-state index contributed by atoms with van der Waals surface area (Å²) in [6.45, 7) is 7.21. The van der Waals surface area contributed by atoms with Crippen LogP contribution in [0.4, 0.5) is 0 Å². The number of carbonyl (C=O) groups excluding carboxylic acids is 2. The van der Waals surface area contributed by atoms with E-state index in [2.05, 4.69) is 4.98 Å². The molecule has 1 heterocycles. The molecule has 1 unspecified atom stereocenters. The Labute approximate surface area is 239 Å². The van der Waals surface area contributed by atoms with E-state index in [0.717, 1.165) is 39.2 Å². The van der Waals surface area contributed by atoms with Crippen molar-refractivity contribution >= 4 is 23.7 Å². The summed E-state index contributed by atoms with van der Waals surface area (Å²) in [4.78, 5) is 31.7. The zero-order chi connectivity index (χ0) is 29.7. The normalized spacial score (nSPS) is 12.3. The first-order valence-corrected chi connectivity index (χ1v) is 13.2. The van der Waals surface area contributed by atoms with E-state index < -0.39 is 23.6 Å². The van der Waals surface area contributed by atoms with Gasteiger partial charge in [-0.05, 0) is 44.9 Å². The Morgan fingerprint density at radius 1 is 0.976 bits per heavy atom. The number of ether oxygens (including phenoxy) is 1. The van der Waals surface area contributed by atoms with E-state index >= 15 is 0 Å². The van der Waals surface area contributed by atoms with E-state index in [0.29, 0.717) is 11.4 Å². The quantitative estimate of drug-likeness (QED) is 0.121. The number of aromatic nitrogens is 2. The molecule has 0 saturated carbocycles. The summed E-state index contributed by atoms with van der Waals surface area (Å²) in [7, 11) is 0. The van der Waals surface area contributed by atoms with Crippen LogP contribution in [0.3, 0.4) is 0 Å². The van der Waals surface area contributed by atoms with Crippen molar-refractivity contribution in [2.24, 2.45) is 5.73 Å². The number of hydrogen-bond donors (Lipinski definition) is 4. The third kappa shape index (κ3) is 7.64. The first kappa shape index (κ1) is 29.2. The molecule has 0 fully saturated rings. The highest BCUT2D eigenvalue weighted by atomic mass is 16.6. The molecule has 0 radical (unpaired) electrons. The second-order valence-electron chi connectivity index (χ2n) is 10.8. The maximum Gasteiger partial charge on any atom is 0.335 e. The Balaban J connectivity index is 1.64. The van der Waals surface area contributed by atoms with E-state index in [1.54, 1.807) is 39.0 Å². The van der Waals surface area contributed by atoms with Gasteiger partial charge in [0.15, 0.2) is 6.10 Å². The van der Waals surface area contributed by atoms with Crippen LogP contribution in [0.1, 0.15) is 43.9 Å². The second kappa shape index (κ2) is 12.1. The van der Waals surface area contributed by atoms with Crippen molar-refractivity contribution in [3.63, 3.8) is 0 Å². The van der Waals surface area contributed by atoms with Crippen molar-refractivity contribution in [2.45, 2.75) is 45.8 Å². The first-order chi connectivity index (χ1) is 19.4. The lowest BCUT2D eigenvalue weighted by molar-refractivity contribution is -0.164. The van der Waals surface area contributed by atoms with Crippen LogP contribution in [0.15, 0.2) is 78.9 Å². The average molecular weight is 551 g/mol. The minimum atomic E-state index is -1.42. The SMILES string of the molecule is Cc1ccc(-c2nc(-c3ccc(C(=N)CC(O)C(=O)OC(C)(C)C)cc3)c(-c3ccc(/C=C/C(N)=O)cc3)[nH]2)cc1. The van der Waals surface area contributed by atoms with E-state index in [4.69, 9.17) is 20.9 Å². The van der Waals surface area contributed by atoms with Gasteiger partial charge in [0, 0.05) is 34.9 Å². The van der Waals surface area contributed by atoms with Crippen LogP contribution in [0.2, 0.25) is 0 Å². The van der Waals surface area contributed by atoms with Gasteiger partial charge in [0.05, 0.1) is 11.4 Å². The third-order valence-corrected chi connectivity index (χ3v) is 6.25. The molecule has 8 nitrogen and oxygen atoms in total. The molecule has 0 aliphatic rings. The second-order valence-corrected chi connectivity index (χ2v) is 10.8. The van der Waals surface area contributed by atoms with Gasteiger partial charge in [-0.3, -0.25) is 4.79 Å². The Morgan fingerprint density at radius 2 is 1.56 bits per heavy atom. The molecule has 1 aromatic heterocycles. The number of nitrogens with zero attached hydrogens (tertiary/aromatic N) is 1. The van der Waals surface area contributed by atoms with Gasteiger partial charge in [0.25, 0.3) is 0 Å².